The summed E-state index contributed by atoms with van der Waals surface area (Å²) in [5.41, 5.74) is 0.300. The summed E-state index contributed by atoms with van der Waals surface area (Å²) in [6, 6.07) is 0. The fraction of sp³-hybridized carbons (Fsp3) is 0.944. The number of amides is 1. The first kappa shape index (κ1) is 17.5. The highest BCUT2D eigenvalue weighted by Gasteiger charge is 2.51. The number of hydrogen-bond donors (Lipinski definition) is 0. The maximum Gasteiger partial charge on any atom is 0.226 e. The van der Waals surface area contributed by atoms with Gasteiger partial charge in [0, 0.05) is 19.0 Å². The second-order valence-electron chi connectivity index (χ2n) is 7.94. The van der Waals surface area contributed by atoms with E-state index in [0.717, 1.165) is 38.8 Å². The van der Waals surface area contributed by atoms with Gasteiger partial charge < -0.3 is 4.90 Å². The summed E-state index contributed by atoms with van der Waals surface area (Å²) in [5, 5.41) is 0. The fourth-order valence-electron chi connectivity index (χ4n) is 3.87. The molecule has 20 heavy (non-hydrogen) atoms. The molecule has 0 heterocycles. The third-order valence-corrected chi connectivity index (χ3v) is 5.10. The van der Waals surface area contributed by atoms with E-state index < -0.39 is 0 Å². The summed E-state index contributed by atoms with van der Waals surface area (Å²) in [6.45, 7) is 15.4. The molecule has 0 atom stereocenters. The van der Waals surface area contributed by atoms with Crippen molar-refractivity contribution in [1.29, 1.82) is 0 Å². The second kappa shape index (κ2) is 6.95. The first-order chi connectivity index (χ1) is 9.26. The number of unbranched alkanes of at least 4 members (excludes halogenated alkanes) is 2. The summed E-state index contributed by atoms with van der Waals surface area (Å²) in [5.74, 6) is 0.600. The molecule has 0 aromatic heterocycles. The molecule has 1 aliphatic carbocycles. The van der Waals surface area contributed by atoms with Gasteiger partial charge in [0.2, 0.25) is 5.91 Å². The molecule has 2 nitrogen and oxygen atoms in total. The zero-order valence-corrected chi connectivity index (χ0v) is 14.6. The topological polar surface area (TPSA) is 20.3 Å². The monoisotopic (exact) mass is 281 g/mol. The van der Waals surface area contributed by atoms with Gasteiger partial charge in [0.25, 0.3) is 0 Å². The number of hydrogen-bond acceptors (Lipinski definition) is 1. The summed E-state index contributed by atoms with van der Waals surface area (Å²) in [6.07, 6.45) is 6.92. The molecule has 0 bridgehead atoms. The van der Waals surface area contributed by atoms with Crippen molar-refractivity contribution < 1.29 is 4.79 Å². The Hall–Kier alpha value is -0.530. The molecule has 1 rings (SSSR count). The molecule has 1 aliphatic rings. The largest absolute Gasteiger partial charge is 0.342 e. The summed E-state index contributed by atoms with van der Waals surface area (Å²) in [4.78, 5) is 15.3. The molecule has 0 aromatic rings. The van der Waals surface area contributed by atoms with Gasteiger partial charge in [-0.1, -0.05) is 54.4 Å². The molecule has 0 radical (unpaired) electrons. The van der Waals surface area contributed by atoms with Gasteiger partial charge in [-0.3, -0.25) is 4.79 Å². The van der Waals surface area contributed by atoms with Gasteiger partial charge in [0.05, 0.1) is 0 Å². The summed E-state index contributed by atoms with van der Waals surface area (Å²) in [7, 11) is 0. The molecule has 1 fully saturated rings. The van der Waals surface area contributed by atoms with Gasteiger partial charge in [-0.25, -0.2) is 0 Å². The highest BCUT2D eigenvalue weighted by atomic mass is 16.2. The van der Waals surface area contributed by atoms with E-state index in [1.165, 1.54) is 12.8 Å². The average Bonchev–Trinajstić information content (AvgIpc) is 2.58. The molecule has 0 aliphatic heterocycles. The number of nitrogens with zero attached hydrogens (tertiary/aromatic N) is 1. The van der Waals surface area contributed by atoms with Crippen molar-refractivity contribution in [1.82, 2.24) is 4.90 Å². The van der Waals surface area contributed by atoms with Crippen molar-refractivity contribution >= 4 is 5.91 Å². The van der Waals surface area contributed by atoms with Crippen molar-refractivity contribution in [2.24, 2.45) is 16.7 Å². The quantitative estimate of drug-likeness (QED) is 0.651. The Balaban J connectivity index is 2.85. The lowest BCUT2D eigenvalue weighted by Crippen LogP contribution is -2.45. The third kappa shape index (κ3) is 3.99. The van der Waals surface area contributed by atoms with Crippen molar-refractivity contribution in [3.63, 3.8) is 0 Å². The minimum atomic E-state index is 0.150. The van der Waals surface area contributed by atoms with E-state index in [2.05, 4.69) is 46.4 Å². The molecular formula is C18H35NO. The second-order valence-corrected chi connectivity index (χ2v) is 7.94. The molecule has 0 saturated heterocycles. The van der Waals surface area contributed by atoms with Crippen LogP contribution in [0.2, 0.25) is 0 Å². The maximum absolute atomic E-state index is 13.1. The van der Waals surface area contributed by atoms with E-state index in [4.69, 9.17) is 0 Å². The van der Waals surface area contributed by atoms with Crippen molar-refractivity contribution in [3.05, 3.63) is 0 Å². The Kier molecular flexibility index (Phi) is 6.09. The van der Waals surface area contributed by atoms with E-state index in [1.54, 1.807) is 0 Å². The van der Waals surface area contributed by atoms with Gasteiger partial charge in [-0.15, -0.1) is 0 Å². The molecule has 118 valence electrons. The van der Waals surface area contributed by atoms with Gasteiger partial charge >= 0.3 is 0 Å². The molecular weight excluding hydrogens is 246 g/mol. The highest BCUT2D eigenvalue weighted by molar-refractivity contribution is 5.81. The fourth-order valence-corrected chi connectivity index (χ4v) is 3.87. The number of rotatable bonds is 7. The van der Waals surface area contributed by atoms with Crippen LogP contribution in [0, 0.1) is 16.7 Å². The predicted octanol–water partition coefficient (Wildman–Crippen LogP) is 4.88. The highest BCUT2D eigenvalue weighted by Crippen LogP contribution is 2.54. The van der Waals surface area contributed by atoms with E-state index >= 15 is 0 Å². The molecule has 0 spiro atoms. The maximum atomic E-state index is 13.1. The minimum Gasteiger partial charge on any atom is -0.342 e. The molecule has 0 aromatic carbocycles. The lowest BCUT2D eigenvalue weighted by atomic mass is 9.71. The van der Waals surface area contributed by atoms with Crippen molar-refractivity contribution in [2.45, 2.75) is 80.1 Å². The van der Waals surface area contributed by atoms with E-state index in [1.807, 2.05) is 0 Å². The summed E-state index contributed by atoms with van der Waals surface area (Å²) >= 11 is 0. The SMILES string of the molecule is CCCCN(CCCC)C(=O)C1C(C)(C)CCC1(C)C. The molecule has 0 N–H and O–H groups in total. The van der Waals surface area contributed by atoms with Crippen LogP contribution < -0.4 is 0 Å². The van der Waals surface area contributed by atoms with Crippen LogP contribution in [0.15, 0.2) is 0 Å². The lowest BCUT2D eigenvalue weighted by Gasteiger charge is -2.38. The normalized spacial score (nSPS) is 21.1. The zero-order chi connectivity index (χ0) is 15.4. The smallest absolute Gasteiger partial charge is 0.226 e. The van der Waals surface area contributed by atoms with Crippen LogP contribution in [0.5, 0.6) is 0 Å². The van der Waals surface area contributed by atoms with Crippen LogP contribution in [-0.4, -0.2) is 23.9 Å². The Bertz CT molecular complexity index is 295. The Labute approximate surface area is 126 Å². The molecule has 0 unspecified atom stereocenters. The van der Waals surface area contributed by atoms with Gasteiger partial charge in [-0.05, 0) is 36.5 Å². The van der Waals surface area contributed by atoms with Crippen LogP contribution in [0.3, 0.4) is 0 Å². The molecule has 1 amide bonds. The Morgan fingerprint density at radius 2 is 1.35 bits per heavy atom. The lowest BCUT2D eigenvalue weighted by molar-refractivity contribution is -0.142. The zero-order valence-electron chi connectivity index (χ0n) is 14.6. The van der Waals surface area contributed by atoms with Crippen LogP contribution in [-0.2, 0) is 4.79 Å². The average molecular weight is 281 g/mol. The van der Waals surface area contributed by atoms with Gasteiger partial charge in [0.1, 0.15) is 0 Å². The van der Waals surface area contributed by atoms with Gasteiger partial charge in [0.15, 0.2) is 0 Å². The number of carbonyl (C=O) groups is 1. The first-order valence-electron chi connectivity index (χ1n) is 8.55. The van der Waals surface area contributed by atoms with Crippen LogP contribution >= 0.6 is 0 Å². The van der Waals surface area contributed by atoms with Gasteiger partial charge in [-0.2, -0.15) is 0 Å². The Morgan fingerprint density at radius 3 is 1.70 bits per heavy atom. The van der Waals surface area contributed by atoms with Crippen LogP contribution in [0.25, 0.3) is 0 Å². The van der Waals surface area contributed by atoms with Crippen molar-refractivity contribution in [3.8, 4) is 0 Å². The third-order valence-electron chi connectivity index (χ3n) is 5.10. The summed E-state index contributed by atoms with van der Waals surface area (Å²) < 4.78 is 0. The standard InChI is InChI=1S/C18H35NO/c1-7-9-13-19(14-10-8-2)16(20)15-17(3,4)11-12-18(15,5)6/h15H,7-14H2,1-6H3. The number of carbonyl (C=O) groups excluding carboxylic acids is 1. The van der Waals surface area contributed by atoms with E-state index in [9.17, 15) is 4.79 Å². The minimum absolute atomic E-state index is 0.150. The molecule has 2 heteroatoms. The van der Waals surface area contributed by atoms with E-state index in [-0.39, 0.29) is 16.7 Å². The van der Waals surface area contributed by atoms with E-state index in [0.29, 0.717) is 5.91 Å². The van der Waals surface area contributed by atoms with Crippen molar-refractivity contribution in [2.75, 3.05) is 13.1 Å². The Morgan fingerprint density at radius 1 is 0.950 bits per heavy atom. The molecule has 1 saturated carbocycles. The predicted molar refractivity (Wildman–Crippen MR) is 86.7 cm³/mol. The van der Waals surface area contributed by atoms with Crippen LogP contribution in [0.1, 0.15) is 80.1 Å². The van der Waals surface area contributed by atoms with Crippen LogP contribution in [0.4, 0.5) is 0 Å². The first-order valence-corrected chi connectivity index (χ1v) is 8.55.